The van der Waals surface area contributed by atoms with Crippen molar-refractivity contribution in [2.75, 3.05) is 16.8 Å². The zero-order valence-electron chi connectivity index (χ0n) is 13.1. The molecular weight excluding hydrogens is 371 g/mol. The average molecular weight is 386 g/mol. The van der Waals surface area contributed by atoms with Gasteiger partial charge in [-0.1, -0.05) is 46.9 Å². The summed E-state index contributed by atoms with van der Waals surface area (Å²) in [5.41, 5.74) is 1.76. The molecule has 2 aromatic carbocycles. The Bertz CT molecular complexity index is 773. The Morgan fingerprint density at radius 3 is 2.29 bits per heavy atom. The molecular formula is C17H15Cl3N2O2. The number of anilines is 2. The predicted molar refractivity (Wildman–Crippen MR) is 99.3 cm³/mol. The van der Waals surface area contributed by atoms with Crippen molar-refractivity contribution in [3.63, 3.8) is 0 Å². The lowest BCUT2D eigenvalue weighted by Crippen LogP contribution is -2.37. The van der Waals surface area contributed by atoms with E-state index in [2.05, 4.69) is 5.32 Å². The number of aryl methyl sites for hydroxylation is 1. The van der Waals surface area contributed by atoms with Crippen LogP contribution in [0.25, 0.3) is 0 Å². The molecule has 4 nitrogen and oxygen atoms in total. The summed E-state index contributed by atoms with van der Waals surface area (Å²) in [5, 5.41) is 3.84. The van der Waals surface area contributed by atoms with Crippen molar-refractivity contribution in [2.45, 2.75) is 13.8 Å². The highest BCUT2D eigenvalue weighted by Crippen LogP contribution is 2.33. The molecule has 7 heteroatoms. The molecule has 0 unspecified atom stereocenters. The Kier molecular flexibility index (Phi) is 6.10. The van der Waals surface area contributed by atoms with Crippen LogP contribution >= 0.6 is 34.8 Å². The number of nitrogens with one attached hydrogen (secondary N) is 1. The number of benzene rings is 2. The topological polar surface area (TPSA) is 49.4 Å². The van der Waals surface area contributed by atoms with Gasteiger partial charge in [0.2, 0.25) is 11.8 Å². The van der Waals surface area contributed by atoms with E-state index in [-0.39, 0.29) is 18.4 Å². The third-order valence-electron chi connectivity index (χ3n) is 3.36. The molecule has 0 saturated heterocycles. The fraction of sp³-hybridized carbons (Fsp3) is 0.176. The van der Waals surface area contributed by atoms with Gasteiger partial charge in [0.05, 0.1) is 15.7 Å². The lowest BCUT2D eigenvalue weighted by molar-refractivity contribution is -0.120. The van der Waals surface area contributed by atoms with Gasteiger partial charge in [-0.05, 0) is 36.8 Å². The van der Waals surface area contributed by atoms with Crippen LogP contribution in [-0.4, -0.2) is 18.4 Å². The minimum atomic E-state index is -0.383. The molecule has 1 N–H and O–H groups in total. The number of para-hydroxylation sites is 1. The fourth-order valence-corrected chi connectivity index (χ4v) is 2.93. The monoisotopic (exact) mass is 384 g/mol. The highest BCUT2D eigenvalue weighted by molar-refractivity contribution is 6.40. The SMILES string of the molecule is CC(=O)N(CC(=O)Nc1cc(Cl)ccc1C)c1c(Cl)cccc1Cl. The minimum absolute atomic E-state index is 0.218. The fourth-order valence-electron chi connectivity index (χ4n) is 2.16. The first kappa shape index (κ1) is 18.6. The van der Waals surface area contributed by atoms with E-state index in [4.69, 9.17) is 34.8 Å². The van der Waals surface area contributed by atoms with Crippen molar-refractivity contribution in [3.8, 4) is 0 Å². The molecule has 0 aliphatic heterocycles. The second-order valence-corrected chi connectivity index (χ2v) is 6.43. The molecule has 0 spiro atoms. The normalized spacial score (nSPS) is 10.4. The highest BCUT2D eigenvalue weighted by Gasteiger charge is 2.21. The number of carbonyl (C=O) groups excluding carboxylic acids is 2. The largest absolute Gasteiger partial charge is 0.324 e. The van der Waals surface area contributed by atoms with Crippen LogP contribution in [0.5, 0.6) is 0 Å². The van der Waals surface area contributed by atoms with E-state index < -0.39 is 0 Å². The second kappa shape index (κ2) is 7.88. The standard InChI is InChI=1S/C17H15Cl3N2O2/c1-10-6-7-12(18)8-15(10)21-16(24)9-22(11(2)23)17-13(19)4-3-5-14(17)20/h3-8H,9H2,1-2H3,(H,21,24). The van der Waals surface area contributed by atoms with E-state index in [0.717, 1.165) is 5.56 Å². The van der Waals surface area contributed by atoms with E-state index >= 15 is 0 Å². The first-order valence-corrected chi connectivity index (χ1v) is 8.21. The summed E-state index contributed by atoms with van der Waals surface area (Å²) >= 11 is 18.2. The number of hydrogen-bond acceptors (Lipinski definition) is 2. The zero-order chi connectivity index (χ0) is 17.9. The summed E-state index contributed by atoms with van der Waals surface area (Å²) in [6.07, 6.45) is 0. The molecule has 126 valence electrons. The van der Waals surface area contributed by atoms with E-state index in [1.807, 2.05) is 6.92 Å². The van der Waals surface area contributed by atoms with Crippen molar-refractivity contribution in [2.24, 2.45) is 0 Å². The highest BCUT2D eigenvalue weighted by atomic mass is 35.5. The van der Waals surface area contributed by atoms with E-state index in [9.17, 15) is 9.59 Å². The van der Waals surface area contributed by atoms with Gasteiger partial charge in [-0.2, -0.15) is 0 Å². The van der Waals surface area contributed by atoms with Crippen LogP contribution in [0.2, 0.25) is 15.1 Å². The Morgan fingerprint density at radius 2 is 1.71 bits per heavy atom. The van der Waals surface area contributed by atoms with Crippen molar-refractivity contribution in [1.29, 1.82) is 0 Å². The summed E-state index contributed by atoms with van der Waals surface area (Å²) in [6, 6.07) is 10.1. The Labute approximate surface area is 155 Å². The van der Waals surface area contributed by atoms with Crippen LogP contribution in [0.1, 0.15) is 12.5 Å². The lowest BCUT2D eigenvalue weighted by Gasteiger charge is -2.23. The zero-order valence-corrected chi connectivity index (χ0v) is 15.3. The molecule has 0 fully saturated rings. The van der Waals surface area contributed by atoms with E-state index in [1.54, 1.807) is 36.4 Å². The van der Waals surface area contributed by atoms with Crippen LogP contribution in [0.3, 0.4) is 0 Å². The molecule has 24 heavy (non-hydrogen) atoms. The minimum Gasteiger partial charge on any atom is -0.324 e. The maximum Gasteiger partial charge on any atom is 0.244 e. The van der Waals surface area contributed by atoms with Crippen molar-refractivity contribution in [1.82, 2.24) is 0 Å². The van der Waals surface area contributed by atoms with Gasteiger partial charge in [0, 0.05) is 17.6 Å². The van der Waals surface area contributed by atoms with Gasteiger partial charge in [-0.15, -0.1) is 0 Å². The third kappa shape index (κ3) is 4.41. The molecule has 0 radical (unpaired) electrons. The van der Waals surface area contributed by atoms with Gasteiger partial charge in [-0.3, -0.25) is 9.59 Å². The third-order valence-corrected chi connectivity index (χ3v) is 4.21. The van der Waals surface area contributed by atoms with E-state index in [0.29, 0.717) is 26.4 Å². The molecule has 0 aliphatic carbocycles. The molecule has 0 bridgehead atoms. The van der Waals surface area contributed by atoms with Gasteiger partial charge < -0.3 is 10.2 Å². The molecule has 0 atom stereocenters. The molecule has 0 aromatic heterocycles. The summed E-state index contributed by atoms with van der Waals surface area (Å²) < 4.78 is 0. The van der Waals surface area contributed by atoms with Crippen LogP contribution in [0.15, 0.2) is 36.4 Å². The predicted octanol–water partition coefficient (Wildman–Crippen LogP) is 4.95. The van der Waals surface area contributed by atoms with Crippen LogP contribution in [-0.2, 0) is 9.59 Å². The molecule has 2 aromatic rings. The summed E-state index contributed by atoms with van der Waals surface area (Å²) in [5.74, 6) is -0.727. The molecule has 0 aliphatic rings. The van der Waals surface area contributed by atoms with E-state index in [1.165, 1.54) is 11.8 Å². The lowest BCUT2D eigenvalue weighted by atomic mass is 10.2. The van der Waals surface area contributed by atoms with Gasteiger partial charge in [-0.25, -0.2) is 0 Å². The van der Waals surface area contributed by atoms with Crippen molar-refractivity contribution >= 4 is 58.0 Å². The Morgan fingerprint density at radius 1 is 1.08 bits per heavy atom. The number of amides is 2. The van der Waals surface area contributed by atoms with Gasteiger partial charge in [0.25, 0.3) is 0 Å². The van der Waals surface area contributed by atoms with Crippen LogP contribution < -0.4 is 10.2 Å². The number of rotatable bonds is 4. The van der Waals surface area contributed by atoms with Crippen molar-refractivity contribution < 1.29 is 9.59 Å². The first-order chi connectivity index (χ1) is 11.3. The summed E-state index contributed by atoms with van der Waals surface area (Å²) in [7, 11) is 0. The van der Waals surface area contributed by atoms with Gasteiger partial charge in [0.15, 0.2) is 0 Å². The van der Waals surface area contributed by atoms with Crippen LogP contribution in [0.4, 0.5) is 11.4 Å². The average Bonchev–Trinajstić information content (AvgIpc) is 2.49. The smallest absolute Gasteiger partial charge is 0.244 e. The first-order valence-electron chi connectivity index (χ1n) is 7.07. The Balaban J connectivity index is 2.24. The molecule has 2 amide bonds. The van der Waals surface area contributed by atoms with Crippen LogP contribution in [0, 0.1) is 6.92 Å². The molecule has 2 rings (SSSR count). The number of halogens is 3. The quantitative estimate of drug-likeness (QED) is 0.810. The van der Waals surface area contributed by atoms with Gasteiger partial charge in [0.1, 0.15) is 6.54 Å². The summed E-state index contributed by atoms with van der Waals surface area (Å²) in [4.78, 5) is 25.6. The van der Waals surface area contributed by atoms with Crippen molar-refractivity contribution in [3.05, 3.63) is 57.0 Å². The molecule has 0 saturated carbocycles. The number of carbonyl (C=O) groups is 2. The maximum absolute atomic E-state index is 12.4. The maximum atomic E-state index is 12.4. The second-order valence-electron chi connectivity index (χ2n) is 5.18. The van der Waals surface area contributed by atoms with Gasteiger partial charge >= 0.3 is 0 Å². The summed E-state index contributed by atoms with van der Waals surface area (Å²) in [6.45, 7) is 2.97. The Hall–Kier alpha value is -1.75. The number of nitrogens with zero attached hydrogens (tertiary/aromatic N) is 1. The number of hydrogen-bond donors (Lipinski definition) is 1. The molecule has 0 heterocycles.